The lowest BCUT2D eigenvalue weighted by Crippen LogP contribution is -1.99. The van der Waals surface area contributed by atoms with Gasteiger partial charge in [-0.15, -0.1) is 0 Å². The lowest BCUT2D eigenvalue weighted by atomic mass is 10.1. The first-order chi connectivity index (χ1) is 13.2. The number of rotatable bonds is 4. The molecule has 5 heteroatoms. The van der Waals surface area contributed by atoms with Gasteiger partial charge in [0, 0.05) is 29.9 Å². The quantitative estimate of drug-likeness (QED) is 0.440. The fourth-order valence-corrected chi connectivity index (χ4v) is 3.22. The molecule has 2 heterocycles. The van der Waals surface area contributed by atoms with Crippen molar-refractivity contribution < 1.29 is 9.90 Å². The Bertz CT molecular complexity index is 1250. The molecule has 0 fully saturated rings. The number of carbonyl (C=O) groups is 1. The van der Waals surface area contributed by atoms with Gasteiger partial charge in [-0.2, -0.15) is 5.26 Å². The van der Waals surface area contributed by atoms with Crippen molar-refractivity contribution in [3.05, 3.63) is 83.7 Å². The van der Waals surface area contributed by atoms with Gasteiger partial charge in [-0.1, -0.05) is 36.4 Å². The van der Waals surface area contributed by atoms with Crippen LogP contribution in [0.1, 0.15) is 11.1 Å². The summed E-state index contributed by atoms with van der Waals surface area (Å²) in [4.78, 5) is 15.6. The Labute approximate surface area is 155 Å². The molecular weight excluding hydrogens is 338 g/mol. The third-order valence-corrected chi connectivity index (χ3v) is 4.48. The number of benzene rings is 2. The van der Waals surface area contributed by atoms with Crippen LogP contribution >= 0.6 is 0 Å². The van der Waals surface area contributed by atoms with Crippen LogP contribution in [0.25, 0.3) is 27.9 Å². The van der Waals surface area contributed by atoms with Crippen molar-refractivity contribution in [2.24, 2.45) is 0 Å². The molecule has 0 spiro atoms. The Kier molecular flexibility index (Phi) is 4.15. The van der Waals surface area contributed by atoms with E-state index in [-0.39, 0.29) is 5.57 Å². The zero-order chi connectivity index (χ0) is 18.8. The highest BCUT2D eigenvalue weighted by atomic mass is 16.4. The Balaban J connectivity index is 1.80. The second-order valence-electron chi connectivity index (χ2n) is 6.24. The van der Waals surface area contributed by atoms with Crippen molar-refractivity contribution in [3.63, 3.8) is 0 Å². The second kappa shape index (κ2) is 6.77. The van der Waals surface area contributed by atoms with Crippen molar-refractivity contribution in [1.29, 1.82) is 5.26 Å². The lowest BCUT2D eigenvalue weighted by molar-refractivity contribution is -0.132. The number of aliphatic carboxylic acids is 1. The summed E-state index contributed by atoms with van der Waals surface area (Å²) in [6, 6.07) is 19.9. The summed E-state index contributed by atoms with van der Waals surface area (Å²) < 4.78 is 1.97. The molecule has 0 saturated carbocycles. The minimum Gasteiger partial charge on any atom is -0.477 e. The number of pyridine rings is 1. The molecule has 4 rings (SSSR count). The van der Waals surface area contributed by atoms with Crippen LogP contribution in [-0.2, 0) is 11.3 Å². The molecular formula is C22H15N3O2. The molecule has 2 aromatic carbocycles. The third-order valence-electron chi connectivity index (χ3n) is 4.48. The zero-order valence-electron chi connectivity index (χ0n) is 14.3. The number of carboxylic acid groups (broad SMARTS) is 1. The van der Waals surface area contributed by atoms with E-state index in [0.29, 0.717) is 12.1 Å². The minimum absolute atomic E-state index is 0.302. The molecule has 1 N–H and O–H groups in total. The Morgan fingerprint density at radius 1 is 1.15 bits per heavy atom. The average molecular weight is 353 g/mol. The predicted octanol–water partition coefficient (Wildman–Crippen LogP) is 4.23. The van der Waals surface area contributed by atoms with Gasteiger partial charge in [0.1, 0.15) is 17.3 Å². The zero-order valence-corrected chi connectivity index (χ0v) is 14.3. The first kappa shape index (κ1) is 16.6. The predicted molar refractivity (Wildman–Crippen MR) is 104 cm³/mol. The first-order valence-corrected chi connectivity index (χ1v) is 8.42. The first-order valence-electron chi connectivity index (χ1n) is 8.42. The van der Waals surface area contributed by atoms with Crippen molar-refractivity contribution >= 4 is 33.9 Å². The summed E-state index contributed by atoms with van der Waals surface area (Å²) in [6.45, 7) is 0.598. The average Bonchev–Trinajstić information content (AvgIpc) is 3.03. The van der Waals surface area contributed by atoms with E-state index in [1.807, 2.05) is 29.0 Å². The molecule has 0 bridgehead atoms. The van der Waals surface area contributed by atoms with Gasteiger partial charge in [0.15, 0.2) is 0 Å². The molecule has 0 aliphatic carbocycles. The number of aromatic nitrogens is 2. The van der Waals surface area contributed by atoms with Crippen LogP contribution in [0, 0.1) is 11.3 Å². The maximum atomic E-state index is 11.2. The SMILES string of the molecule is N#C/C(=C\c1cn(Cc2ccc3ccccc3c2)c2ncccc12)C(=O)O. The van der Waals surface area contributed by atoms with Crippen LogP contribution in [0.3, 0.4) is 0 Å². The van der Waals surface area contributed by atoms with E-state index in [2.05, 4.69) is 35.3 Å². The largest absolute Gasteiger partial charge is 0.477 e. The maximum Gasteiger partial charge on any atom is 0.346 e. The molecule has 0 amide bonds. The standard InChI is InChI=1S/C22H15N3O2/c23-12-18(22(26)27)11-19-14-25(21-20(19)6-3-9-24-21)13-15-7-8-16-4-1-2-5-17(16)10-15/h1-11,14H,13H2,(H,26,27)/b18-11+. The van der Waals surface area contributed by atoms with Crippen molar-refractivity contribution in [2.45, 2.75) is 6.54 Å². The summed E-state index contributed by atoms with van der Waals surface area (Å²) in [5.41, 5.74) is 2.23. The van der Waals surface area contributed by atoms with Crippen LogP contribution in [-0.4, -0.2) is 20.6 Å². The molecule has 0 aliphatic rings. The Hall–Kier alpha value is -3.91. The second-order valence-corrected chi connectivity index (χ2v) is 6.24. The Morgan fingerprint density at radius 2 is 1.96 bits per heavy atom. The molecule has 27 heavy (non-hydrogen) atoms. The van der Waals surface area contributed by atoms with Crippen LogP contribution in [0.2, 0.25) is 0 Å². The molecule has 0 radical (unpaired) electrons. The van der Waals surface area contributed by atoms with Gasteiger partial charge in [0.05, 0.1) is 0 Å². The molecule has 4 aromatic rings. The number of nitrogens with zero attached hydrogens (tertiary/aromatic N) is 3. The van der Waals surface area contributed by atoms with Crippen LogP contribution in [0.15, 0.2) is 72.6 Å². The monoisotopic (exact) mass is 353 g/mol. The summed E-state index contributed by atoms with van der Waals surface area (Å²) >= 11 is 0. The van der Waals surface area contributed by atoms with Crippen molar-refractivity contribution in [3.8, 4) is 6.07 Å². The van der Waals surface area contributed by atoms with Gasteiger partial charge in [-0.05, 0) is 40.6 Å². The minimum atomic E-state index is -1.24. The number of carboxylic acids is 1. The molecule has 0 unspecified atom stereocenters. The van der Waals surface area contributed by atoms with Gasteiger partial charge < -0.3 is 9.67 Å². The van der Waals surface area contributed by atoms with E-state index >= 15 is 0 Å². The maximum absolute atomic E-state index is 11.2. The highest BCUT2D eigenvalue weighted by molar-refractivity contribution is 5.99. The van der Waals surface area contributed by atoms with Crippen molar-refractivity contribution in [2.75, 3.05) is 0 Å². The van der Waals surface area contributed by atoms with Crippen LogP contribution < -0.4 is 0 Å². The van der Waals surface area contributed by atoms with E-state index in [4.69, 9.17) is 10.4 Å². The third kappa shape index (κ3) is 3.16. The fraction of sp³-hybridized carbons (Fsp3) is 0.0455. The van der Waals surface area contributed by atoms with E-state index in [0.717, 1.165) is 22.0 Å². The van der Waals surface area contributed by atoms with Crippen LogP contribution in [0.4, 0.5) is 0 Å². The van der Waals surface area contributed by atoms with E-state index in [1.165, 1.54) is 11.5 Å². The molecule has 130 valence electrons. The molecule has 2 aromatic heterocycles. The smallest absolute Gasteiger partial charge is 0.346 e. The van der Waals surface area contributed by atoms with E-state index in [9.17, 15) is 4.79 Å². The Morgan fingerprint density at radius 3 is 2.74 bits per heavy atom. The molecule has 0 aliphatic heterocycles. The van der Waals surface area contributed by atoms with Crippen molar-refractivity contribution in [1.82, 2.24) is 9.55 Å². The number of hydrogen-bond donors (Lipinski definition) is 1. The molecule has 5 nitrogen and oxygen atoms in total. The summed E-state index contributed by atoms with van der Waals surface area (Å²) in [6.07, 6.45) is 4.94. The summed E-state index contributed by atoms with van der Waals surface area (Å²) in [7, 11) is 0. The number of nitriles is 1. The van der Waals surface area contributed by atoms with Gasteiger partial charge >= 0.3 is 5.97 Å². The number of fused-ring (bicyclic) bond motifs is 2. The summed E-state index contributed by atoms with van der Waals surface area (Å²) in [5.74, 6) is -1.24. The molecule has 0 atom stereocenters. The van der Waals surface area contributed by atoms with Gasteiger partial charge in [0.25, 0.3) is 0 Å². The fourth-order valence-electron chi connectivity index (χ4n) is 3.22. The number of hydrogen-bond acceptors (Lipinski definition) is 3. The topological polar surface area (TPSA) is 78.9 Å². The van der Waals surface area contributed by atoms with Gasteiger partial charge in [-0.25, -0.2) is 9.78 Å². The lowest BCUT2D eigenvalue weighted by Gasteiger charge is -2.06. The van der Waals surface area contributed by atoms with Crippen LogP contribution in [0.5, 0.6) is 0 Å². The normalized spacial score (nSPS) is 11.6. The van der Waals surface area contributed by atoms with E-state index < -0.39 is 5.97 Å². The van der Waals surface area contributed by atoms with Gasteiger partial charge in [0.2, 0.25) is 0 Å². The molecule has 0 saturated heterocycles. The van der Waals surface area contributed by atoms with E-state index in [1.54, 1.807) is 18.3 Å². The highest BCUT2D eigenvalue weighted by Gasteiger charge is 2.12. The highest BCUT2D eigenvalue weighted by Crippen LogP contribution is 2.24. The van der Waals surface area contributed by atoms with Gasteiger partial charge in [-0.3, -0.25) is 0 Å². The summed E-state index contributed by atoms with van der Waals surface area (Å²) in [5, 5.41) is 21.3.